The van der Waals surface area contributed by atoms with Gasteiger partial charge in [0.15, 0.2) is 0 Å². The molecule has 0 fully saturated rings. The summed E-state index contributed by atoms with van der Waals surface area (Å²) < 4.78 is 13.0. The Balaban J connectivity index is 2.59. The van der Waals surface area contributed by atoms with Gasteiger partial charge in [-0.05, 0) is 17.7 Å². The van der Waals surface area contributed by atoms with Crippen molar-refractivity contribution in [2.45, 2.75) is 0 Å². The number of hydrogen-bond acceptors (Lipinski definition) is 2. The van der Waals surface area contributed by atoms with Gasteiger partial charge in [-0.15, -0.1) is 0 Å². The molecule has 0 aliphatic heterocycles. The number of aromatic nitrogens is 1. The number of rotatable bonds is 1. The molecule has 0 aliphatic rings. The van der Waals surface area contributed by atoms with Gasteiger partial charge in [0, 0.05) is 18.0 Å². The van der Waals surface area contributed by atoms with Gasteiger partial charge < -0.3 is 5.73 Å². The normalized spacial score (nSPS) is 10.3. The van der Waals surface area contributed by atoms with E-state index in [1.165, 1.54) is 18.3 Å². The number of halogens is 2. The average molecular weight is 223 g/mol. The molecular formula is C11H8ClFN2. The van der Waals surface area contributed by atoms with Crippen LogP contribution in [0.15, 0.2) is 36.7 Å². The molecule has 15 heavy (non-hydrogen) atoms. The van der Waals surface area contributed by atoms with Crippen LogP contribution < -0.4 is 5.73 Å². The lowest BCUT2D eigenvalue weighted by Gasteiger charge is -2.06. The molecule has 0 bridgehead atoms. The van der Waals surface area contributed by atoms with E-state index in [2.05, 4.69) is 4.98 Å². The molecule has 76 valence electrons. The lowest BCUT2D eigenvalue weighted by molar-refractivity contribution is 0.628. The molecule has 0 saturated carbocycles. The Labute approximate surface area is 91.5 Å². The van der Waals surface area contributed by atoms with E-state index < -0.39 is 0 Å². The van der Waals surface area contributed by atoms with Crippen LogP contribution in [0.2, 0.25) is 5.02 Å². The van der Waals surface area contributed by atoms with E-state index in [0.29, 0.717) is 21.8 Å². The minimum atomic E-state index is -0.313. The molecule has 2 nitrogen and oxygen atoms in total. The predicted octanol–water partition coefficient (Wildman–Crippen LogP) is 3.12. The van der Waals surface area contributed by atoms with Gasteiger partial charge in [-0.3, -0.25) is 4.98 Å². The van der Waals surface area contributed by atoms with E-state index in [1.807, 2.05) is 0 Å². The third kappa shape index (κ3) is 1.92. The van der Waals surface area contributed by atoms with Crippen LogP contribution >= 0.6 is 11.6 Å². The van der Waals surface area contributed by atoms with Gasteiger partial charge >= 0.3 is 0 Å². The van der Waals surface area contributed by atoms with E-state index >= 15 is 0 Å². The first-order valence-corrected chi connectivity index (χ1v) is 4.71. The van der Waals surface area contributed by atoms with Crippen LogP contribution in [0.4, 0.5) is 10.1 Å². The van der Waals surface area contributed by atoms with Crippen molar-refractivity contribution in [3.63, 3.8) is 0 Å². The summed E-state index contributed by atoms with van der Waals surface area (Å²) in [6.07, 6.45) is 3.02. The molecule has 2 rings (SSSR count). The van der Waals surface area contributed by atoms with E-state index in [4.69, 9.17) is 17.3 Å². The predicted molar refractivity (Wildman–Crippen MR) is 59.1 cm³/mol. The van der Waals surface area contributed by atoms with E-state index in [0.717, 1.165) is 0 Å². The minimum Gasteiger partial charge on any atom is -0.397 e. The van der Waals surface area contributed by atoms with Crippen molar-refractivity contribution in [2.75, 3.05) is 5.73 Å². The lowest BCUT2D eigenvalue weighted by Crippen LogP contribution is -1.92. The molecule has 1 heterocycles. The number of anilines is 1. The maximum Gasteiger partial charge on any atom is 0.123 e. The fourth-order valence-electron chi connectivity index (χ4n) is 1.33. The maximum absolute atomic E-state index is 13.0. The highest BCUT2D eigenvalue weighted by atomic mass is 35.5. The molecule has 4 heteroatoms. The summed E-state index contributed by atoms with van der Waals surface area (Å²) in [7, 11) is 0. The second-order valence-corrected chi connectivity index (χ2v) is 3.50. The Bertz CT molecular complexity index is 500. The number of nitrogens with two attached hydrogens (primary N) is 1. The lowest BCUT2D eigenvalue weighted by atomic mass is 10.1. The van der Waals surface area contributed by atoms with Crippen LogP contribution in [0.25, 0.3) is 11.1 Å². The van der Waals surface area contributed by atoms with Gasteiger partial charge in [0.2, 0.25) is 0 Å². The standard InChI is InChI=1S/C11H8ClFN2/c12-10-6-15-5-9(11(10)14)7-2-1-3-8(13)4-7/h1-6H,(H2,14,15). The van der Waals surface area contributed by atoms with Crippen molar-refractivity contribution in [3.8, 4) is 11.1 Å². The topological polar surface area (TPSA) is 38.9 Å². The van der Waals surface area contributed by atoms with Crippen molar-refractivity contribution in [1.82, 2.24) is 4.98 Å². The Morgan fingerprint density at radius 2 is 2.07 bits per heavy atom. The first-order valence-electron chi connectivity index (χ1n) is 4.33. The Kier molecular flexibility index (Phi) is 2.56. The van der Waals surface area contributed by atoms with Crippen LogP contribution in [0.5, 0.6) is 0 Å². The molecule has 0 unspecified atom stereocenters. The largest absolute Gasteiger partial charge is 0.397 e. The number of pyridine rings is 1. The smallest absolute Gasteiger partial charge is 0.123 e. The molecular weight excluding hydrogens is 215 g/mol. The van der Waals surface area contributed by atoms with Gasteiger partial charge in [0.25, 0.3) is 0 Å². The van der Waals surface area contributed by atoms with Gasteiger partial charge in [-0.25, -0.2) is 4.39 Å². The zero-order valence-electron chi connectivity index (χ0n) is 7.74. The van der Waals surface area contributed by atoms with Crippen molar-refractivity contribution < 1.29 is 4.39 Å². The Hall–Kier alpha value is -1.61. The number of nitrogens with zero attached hydrogens (tertiary/aromatic N) is 1. The number of nitrogen functional groups attached to an aromatic ring is 1. The Morgan fingerprint density at radius 3 is 2.80 bits per heavy atom. The fraction of sp³-hybridized carbons (Fsp3) is 0. The SMILES string of the molecule is Nc1c(Cl)cncc1-c1cccc(F)c1. The monoisotopic (exact) mass is 222 g/mol. The van der Waals surface area contributed by atoms with Gasteiger partial charge in [0.05, 0.1) is 10.7 Å². The van der Waals surface area contributed by atoms with Crippen LogP contribution in [-0.4, -0.2) is 4.98 Å². The number of hydrogen-bond donors (Lipinski definition) is 1. The second kappa shape index (κ2) is 3.87. The molecule has 2 aromatic rings. The summed E-state index contributed by atoms with van der Waals surface area (Å²) in [4.78, 5) is 3.92. The second-order valence-electron chi connectivity index (χ2n) is 3.09. The summed E-state index contributed by atoms with van der Waals surface area (Å²) in [6.45, 7) is 0. The highest BCUT2D eigenvalue weighted by Crippen LogP contribution is 2.30. The van der Waals surface area contributed by atoms with Crippen LogP contribution in [0, 0.1) is 5.82 Å². The van der Waals surface area contributed by atoms with Crippen LogP contribution in [0.1, 0.15) is 0 Å². The van der Waals surface area contributed by atoms with Crippen LogP contribution in [-0.2, 0) is 0 Å². The summed E-state index contributed by atoms with van der Waals surface area (Å²) in [5.41, 5.74) is 7.49. The highest BCUT2D eigenvalue weighted by molar-refractivity contribution is 6.33. The molecule has 0 spiro atoms. The highest BCUT2D eigenvalue weighted by Gasteiger charge is 2.06. The third-order valence-electron chi connectivity index (χ3n) is 2.07. The molecule has 0 amide bonds. The van der Waals surface area contributed by atoms with Crippen molar-refractivity contribution in [2.24, 2.45) is 0 Å². The van der Waals surface area contributed by atoms with Gasteiger partial charge in [-0.2, -0.15) is 0 Å². The first-order chi connectivity index (χ1) is 7.18. The molecule has 2 N–H and O–H groups in total. The van der Waals surface area contributed by atoms with Gasteiger partial charge in [-0.1, -0.05) is 23.7 Å². The summed E-state index contributed by atoms with van der Waals surface area (Å²) in [5, 5.41) is 0.372. The summed E-state index contributed by atoms with van der Waals surface area (Å²) in [6, 6.07) is 6.14. The molecule has 0 aliphatic carbocycles. The van der Waals surface area contributed by atoms with Crippen LogP contribution in [0.3, 0.4) is 0 Å². The van der Waals surface area contributed by atoms with E-state index in [9.17, 15) is 4.39 Å². The van der Waals surface area contributed by atoms with Gasteiger partial charge in [0.1, 0.15) is 5.82 Å². The quantitative estimate of drug-likeness (QED) is 0.805. The number of benzene rings is 1. The molecule has 0 atom stereocenters. The maximum atomic E-state index is 13.0. The minimum absolute atomic E-state index is 0.313. The summed E-state index contributed by atoms with van der Waals surface area (Å²) >= 11 is 5.82. The van der Waals surface area contributed by atoms with Crippen molar-refractivity contribution in [3.05, 3.63) is 47.5 Å². The van der Waals surface area contributed by atoms with E-state index in [-0.39, 0.29) is 5.82 Å². The molecule has 1 aromatic carbocycles. The molecule has 0 saturated heterocycles. The average Bonchev–Trinajstić information content (AvgIpc) is 2.22. The van der Waals surface area contributed by atoms with E-state index in [1.54, 1.807) is 18.3 Å². The fourth-order valence-corrected chi connectivity index (χ4v) is 1.49. The van der Waals surface area contributed by atoms with Crippen molar-refractivity contribution in [1.29, 1.82) is 0 Å². The first kappa shape index (κ1) is 9.93. The summed E-state index contributed by atoms with van der Waals surface area (Å²) in [5.74, 6) is -0.313. The third-order valence-corrected chi connectivity index (χ3v) is 2.38. The molecule has 0 radical (unpaired) electrons. The zero-order valence-corrected chi connectivity index (χ0v) is 8.50. The Morgan fingerprint density at radius 1 is 1.27 bits per heavy atom. The van der Waals surface area contributed by atoms with Crippen molar-refractivity contribution >= 4 is 17.3 Å². The zero-order chi connectivity index (χ0) is 10.8. The molecule has 1 aromatic heterocycles.